The number of carboxylic acid groups (broad SMARTS) is 1. The molecule has 0 unspecified atom stereocenters. The van der Waals surface area contributed by atoms with Gasteiger partial charge in [-0.15, -0.1) is 0 Å². The normalized spacial score (nSPS) is 12.1. The van der Waals surface area contributed by atoms with Gasteiger partial charge in [-0.1, -0.05) is 0 Å². The van der Waals surface area contributed by atoms with E-state index in [9.17, 15) is 4.79 Å². The minimum atomic E-state index is -1.08. The molecule has 0 rings (SSSR count). The fourth-order valence-electron chi connectivity index (χ4n) is 0.354. The second kappa shape index (κ2) is 3.99. The average molecular weight is 163 g/mol. The van der Waals surface area contributed by atoms with Gasteiger partial charge in [0.1, 0.15) is 0 Å². The predicted molar refractivity (Wildman–Crippen MR) is 41.1 cm³/mol. The number of thiol groups is 1. The Balaban J connectivity index is 4.09. The molecule has 0 saturated heterocycles. The van der Waals surface area contributed by atoms with Gasteiger partial charge in [0.2, 0.25) is 0 Å². The topological polar surface area (TPSA) is 102 Å². The first kappa shape index (κ1) is 9.09. The quantitative estimate of drug-likeness (QED) is 0.234. The lowest BCUT2D eigenvalue weighted by molar-refractivity contribution is -0.137. The highest BCUT2D eigenvalue weighted by Gasteiger charge is 2.12. The second-order valence-electron chi connectivity index (χ2n) is 1.59. The molecule has 5 nitrogen and oxygen atoms in total. The first-order chi connectivity index (χ1) is 4.57. The zero-order valence-corrected chi connectivity index (χ0v) is 6.08. The van der Waals surface area contributed by atoms with Crippen LogP contribution in [0.15, 0.2) is 4.99 Å². The van der Waals surface area contributed by atoms with E-state index in [1.807, 2.05) is 0 Å². The molecule has 58 valence electrons. The van der Waals surface area contributed by atoms with Crippen molar-refractivity contribution in [3.63, 3.8) is 0 Å². The Labute approximate surface area is 63.5 Å². The van der Waals surface area contributed by atoms with Crippen LogP contribution in [0.2, 0.25) is 0 Å². The van der Waals surface area contributed by atoms with Crippen LogP contribution in [-0.2, 0) is 4.79 Å². The number of rotatable bonds is 3. The van der Waals surface area contributed by atoms with Crippen molar-refractivity contribution in [1.82, 2.24) is 0 Å². The highest BCUT2D eigenvalue weighted by atomic mass is 32.1. The van der Waals surface area contributed by atoms with Crippen LogP contribution < -0.4 is 11.5 Å². The van der Waals surface area contributed by atoms with Crippen molar-refractivity contribution in [2.75, 3.05) is 5.75 Å². The fourth-order valence-corrected chi connectivity index (χ4v) is 0.592. The summed E-state index contributed by atoms with van der Waals surface area (Å²) < 4.78 is 0. The molecular weight excluding hydrogens is 154 g/mol. The molecule has 0 amide bonds. The van der Waals surface area contributed by atoms with Crippen molar-refractivity contribution in [2.45, 2.75) is 6.04 Å². The summed E-state index contributed by atoms with van der Waals surface area (Å²) in [5, 5.41) is 8.36. The SMILES string of the molecule is NC(N)=N[C@H](CS)C(=O)O. The molecule has 0 bridgehead atoms. The zero-order chi connectivity index (χ0) is 8.15. The summed E-state index contributed by atoms with van der Waals surface area (Å²) in [6, 6.07) is -0.937. The van der Waals surface area contributed by atoms with E-state index >= 15 is 0 Å². The largest absolute Gasteiger partial charge is 0.480 e. The third-order valence-corrected chi connectivity index (χ3v) is 1.11. The van der Waals surface area contributed by atoms with Gasteiger partial charge in [-0.3, -0.25) is 0 Å². The Morgan fingerprint density at radius 2 is 2.20 bits per heavy atom. The van der Waals surface area contributed by atoms with E-state index in [4.69, 9.17) is 16.6 Å². The highest BCUT2D eigenvalue weighted by molar-refractivity contribution is 7.80. The molecule has 0 aliphatic rings. The number of hydrogen-bond donors (Lipinski definition) is 4. The van der Waals surface area contributed by atoms with E-state index in [1.165, 1.54) is 0 Å². The van der Waals surface area contributed by atoms with Crippen molar-refractivity contribution in [3.8, 4) is 0 Å². The maximum absolute atomic E-state index is 10.2. The van der Waals surface area contributed by atoms with Gasteiger partial charge in [-0.2, -0.15) is 12.6 Å². The van der Waals surface area contributed by atoms with Crippen LogP contribution in [0.4, 0.5) is 0 Å². The fraction of sp³-hybridized carbons (Fsp3) is 0.500. The van der Waals surface area contributed by atoms with Crippen LogP contribution in [-0.4, -0.2) is 28.8 Å². The van der Waals surface area contributed by atoms with E-state index < -0.39 is 12.0 Å². The molecule has 0 aromatic heterocycles. The van der Waals surface area contributed by atoms with Gasteiger partial charge < -0.3 is 16.6 Å². The number of nitrogens with two attached hydrogens (primary N) is 2. The van der Waals surface area contributed by atoms with Gasteiger partial charge in [-0.25, -0.2) is 9.79 Å². The van der Waals surface area contributed by atoms with Gasteiger partial charge in [0.05, 0.1) is 0 Å². The van der Waals surface area contributed by atoms with Crippen molar-refractivity contribution < 1.29 is 9.90 Å². The molecule has 0 aromatic rings. The van der Waals surface area contributed by atoms with Gasteiger partial charge in [0, 0.05) is 5.75 Å². The summed E-state index contributed by atoms with van der Waals surface area (Å²) in [7, 11) is 0. The number of nitrogens with zero attached hydrogens (tertiary/aromatic N) is 1. The Bertz CT molecular complexity index is 155. The van der Waals surface area contributed by atoms with Gasteiger partial charge in [0.15, 0.2) is 12.0 Å². The molecular formula is C4H9N3O2S. The van der Waals surface area contributed by atoms with Crippen LogP contribution in [0.25, 0.3) is 0 Å². The van der Waals surface area contributed by atoms with E-state index in [0.717, 1.165) is 0 Å². The van der Waals surface area contributed by atoms with Crippen molar-refractivity contribution in [3.05, 3.63) is 0 Å². The molecule has 6 heteroatoms. The van der Waals surface area contributed by atoms with Gasteiger partial charge >= 0.3 is 5.97 Å². The van der Waals surface area contributed by atoms with Crippen LogP contribution >= 0.6 is 12.6 Å². The Hall–Kier alpha value is -0.910. The molecule has 0 saturated carbocycles. The second-order valence-corrected chi connectivity index (χ2v) is 1.96. The van der Waals surface area contributed by atoms with Crippen LogP contribution in [0.3, 0.4) is 0 Å². The van der Waals surface area contributed by atoms with Crippen LogP contribution in [0, 0.1) is 0 Å². The molecule has 0 aromatic carbocycles. The number of carbonyl (C=O) groups is 1. The molecule has 1 atom stereocenters. The van der Waals surface area contributed by atoms with Crippen molar-refractivity contribution in [1.29, 1.82) is 0 Å². The van der Waals surface area contributed by atoms with E-state index in [2.05, 4.69) is 17.6 Å². The number of carboxylic acids is 1. The van der Waals surface area contributed by atoms with Gasteiger partial charge in [0.25, 0.3) is 0 Å². The summed E-state index contributed by atoms with van der Waals surface area (Å²) in [5.41, 5.74) is 9.87. The smallest absolute Gasteiger partial charge is 0.329 e. The molecule has 0 fully saturated rings. The third kappa shape index (κ3) is 3.18. The standard InChI is InChI=1S/C4H9N3O2S/c5-4(6)7-2(1-10)3(8)9/h2,10H,1H2,(H,8,9)(H4,5,6,7)/t2-/m1/s1. The van der Waals surface area contributed by atoms with Crippen molar-refractivity contribution >= 4 is 24.6 Å². The predicted octanol–water partition coefficient (Wildman–Crippen LogP) is -1.36. The summed E-state index contributed by atoms with van der Waals surface area (Å²) in [6.07, 6.45) is 0. The number of aliphatic carboxylic acids is 1. The van der Waals surface area contributed by atoms with Crippen molar-refractivity contribution in [2.24, 2.45) is 16.5 Å². The number of guanidine groups is 1. The van der Waals surface area contributed by atoms with Crippen LogP contribution in [0.5, 0.6) is 0 Å². The van der Waals surface area contributed by atoms with Crippen LogP contribution in [0.1, 0.15) is 0 Å². The zero-order valence-electron chi connectivity index (χ0n) is 5.19. The molecule has 0 radical (unpaired) electrons. The summed E-state index contributed by atoms with van der Waals surface area (Å²) in [6.45, 7) is 0. The molecule has 10 heavy (non-hydrogen) atoms. The number of aliphatic imine (C=N–C) groups is 1. The lowest BCUT2D eigenvalue weighted by atomic mass is 10.4. The molecule has 5 N–H and O–H groups in total. The molecule has 0 spiro atoms. The maximum atomic E-state index is 10.2. The third-order valence-electron chi connectivity index (χ3n) is 0.763. The minimum Gasteiger partial charge on any atom is -0.480 e. The Morgan fingerprint density at radius 3 is 2.30 bits per heavy atom. The Morgan fingerprint density at radius 1 is 1.70 bits per heavy atom. The first-order valence-electron chi connectivity index (χ1n) is 2.50. The van der Waals surface area contributed by atoms with Gasteiger partial charge in [-0.05, 0) is 0 Å². The highest BCUT2D eigenvalue weighted by Crippen LogP contribution is 1.92. The molecule has 0 heterocycles. The van der Waals surface area contributed by atoms with E-state index in [-0.39, 0.29) is 11.7 Å². The summed E-state index contributed by atoms with van der Waals surface area (Å²) in [4.78, 5) is 13.6. The maximum Gasteiger partial charge on any atom is 0.329 e. The van der Waals surface area contributed by atoms with E-state index in [1.54, 1.807) is 0 Å². The summed E-state index contributed by atoms with van der Waals surface area (Å²) in [5.74, 6) is -1.22. The Kier molecular flexibility index (Phi) is 3.63. The average Bonchev–Trinajstić information content (AvgIpc) is 1.81. The lowest BCUT2D eigenvalue weighted by Crippen LogP contribution is -2.29. The molecule has 0 aliphatic carbocycles. The lowest BCUT2D eigenvalue weighted by Gasteiger charge is -2.01. The minimum absolute atomic E-state index is 0.0905. The monoisotopic (exact) mass is 163 g/mol. The molecule has 0 aliphatic heterocycles. The number of hydrogen-bond acceptors (Lipinski definition) is 3. The van der Waals surface area contributed by atoms with E-state index in [0.29, 0.717) is 0 Å². The first-order valence-corrected chi connectivity index (χ1v) is 3.13. The summed E-state index contributed by atoms with van der Waals surface area (Å²) >= 11 is 3.73.